The molecule has 1 aromatic heterocycles. The number of hydrogen-bond acceptors (Lipinski definition) is 3. The van der Waals surface area contributed by atoms with Crippen molar-refractivity contribution in [1.29, 1.82) is 0 Å². The van der Waals surface area contributed by atoms with Crippen LogP contribution in [0.25, 0.3) is 0 Å². The minimum absolute atomic E-state index is 0.0133. The molecule has 1 spiro atoms. The number of furan rings is 1. The fraction of sp³-hybridized carbons (Fsp3) is 0.520. The van der Waals surface area contributed by atoms with Crippen LogP contribution in [0.4, 0.5) is 0 Å². The van der Waals surface area contributed by atoms with Crippen molar-refractivity contribution in [3.63, 3.8) is 0 Å². The highest BCUT2D eigenvalue weighted by molar-refractivity contribution is 5.91. The van der Waals surface area contributed by atoms with E-state index in [-0.39, 0.29) is 23.1 Å². The summed E-state index contributed by atoms with van der Waals surface area (Å²) in [5, 5.41) is 3.21. The van der Waals surface area contributed by atoms with Gasteiger partial charge in [-0.1, -0.05) is 24.3 Å². The highest BCUT2D eigenvalue weighted by atomic mass is 16.3. The second-order valence-electron chi connectivity index (χ2n) is 9.37. The van der Waals surface area contributed by atoms with Gasteiger partial charge in [0.2, 0.25) is 5.91 Å². The van der Waals surface area contributed by atoms with Crippen molar-refractivity contribution in [2.45, 2.75) is 69.2 Å². The van der Waals surface area contributed by atoms with E-state index in [0.717, 1.165) is 51.0 Å². The standard InChI is InChI=1S/C25H30N2O3/c1-17-9-10-22(30-17)24(29)27-13-11-25(12-14-27)16-18(20-7-2-3-8-21(20)25)15-23(28)26-19-5-4-6-19/h2-3,7-10,18-19H,4-6,11-16H2,1H3,(H,26,28). The highest BCUT2D eigenvalue weighted by Crippen LogP contribution is 2.52. The van der Waals surface area contributed by atoms with Gasteiger partial charge in [0, 0.05) is 25.6 Å². The molecule has 5 nitrogen and oxygen atoms in total. The molecule has 2 heterocycles. The largest absolute Gasteiger partial charge is 0.456 e. The van der Waals surface area contributed by atoms with Gasteiger partial charge in [0.25, 0.3) is 5.91 Å². The van der Waals surface area contributed by atoms with E-state index in [2.05, 4.69) is 29.6 Å². The summed E-state index contributed by atoms with van der Waals surface area (Å²) in [5.74, 6) is 1.65. The molecule has 5 rings (SSSR count). The minimum atomic E-state index is -0.0133. The molecule has 1 aromatic carbocycles. The lowest BCUT2D eigenvalue weighted by molar-refractivity contribution is -0.122. The molecule has 2 aromatic rings. The topological polar surface area (TPSA) is 62.6 Å². The first-order valence-corrected chi connectivity index (χ1v) is 11.3. The molecule has 5 heteroatoms. The molecule has 3 aliphatic rings. The van der Waals surface area contributed by atoms with Gasteiger partial charge in [-0.3, -0.25) is 9.59 Å². The van der Waals surface area contributed by atoms with Crippen LogP contribution in [0.15, 0.2) is 40.8 Å². The molecular weight excluding hydrogens is 376 g/mol. The average Bonchev–Trinajstić information content (AvgIpc) is 3.28. The summed E-state index contributed by atoms with van der Waals surface area (Å²) in [7, 11) is 0. The molecule has 1 N–H and O–H groups in total. The van der Waals surface area contributed by atoms with Gasteiger partial charge in [0.05, 0.1) is 0 Å². The zero-order chi connectivity index (χ0) is 20.7. The second-order valence-corrected chi connectivity index (χ2v) is 9.37. The summed E-state index contributed by atoms with van der Waals surface area (Å²) in [5.41, 5.74) is 2.81. The van der Waals surface area contributed by atoms with E-state index in [4.69, 9.17) is 4.42 Å². The van der Waals surface area contributed by atoms with Gasteiger partial charge < -0.3 is 14.6 Å². The van der Waals surface area contributed by atoms with Gasteiger partial charge in [-0.2, -0.15) is 0 Å². The number of rotatable bonds is 4. The van der Waals surface area contributed by atoms with Crippen LogP contribution in [-0.4, -0.2) is 35.8 Å². The monoisotopic (exact) mass is 406 g/mol. The van der Waals surface area contributed by atoms with Crippen LogP contribution in [-0.2, 0) is 10.2 Å². The van der Waals surface area contributed by atoms with E-state index in [0.29, 0.717) is 18.2 Å². The lowest BCUT2D eigenvalue weighted by atomic mass is 9.73. The van der Waals surface area contributed by atoms with E-state index in [9.17, 15) is 9.59 Å². The van der Waals surface area contributed by atoms with Crippen LogP contribution in [0.5, 0.6) is 0 Å². The molecular formula is C25H30N2O3. The molecule has 1 saturated carbocycles. The molecule has 2 aliphatic carbocycles. The van der Waals surface area contributed by atoms with E-state index in [1.54, 1.807) is 6.07 Å². The van der Waals surface area contributed by atoms with E-state index >= 15 is 0 Å². The van der Waals surface area contributed by atoms with Gasteiger partial charge in [0.1, 0.15) is 5.76 Å². The predicted octanol–water partition coefficient (Wildman–Crippen LogP) is 4.31. The van der Waals surface area contributed by atoms with Crippen molar-refractivity contribution in [1.82, 2.24) is 10.2 Å². The van der Waals surface area contributed by atoms with Crippen molar-refractivity contribution < 1.29 is 14.0 Å². The smallest absolute Gasteiger partial charge is 0.289 e. The molecule has 2 fully saturated rings. The summed E-state index contributed by atoms with van der Waals surface area (Å²) in [6, 6.07) is 12.6. The SMILES string of the molecule is Cc1ccc(C(=O)N2CCC3(CC2)CC(CC(=O)NC2CCC2)c2ccccc23)o1. The fourth-order valence-electron chi connectivity index (χ4n) is 5.59. The van der Waals surface area contributed by atoms with E-state index in [1.807, 2.05) is 17.9 Å². The molecule has 30 heavy (non-hydrogen) atoms. The Labute approximate surface area is 177 Å². The summed E-state index contributed by atoms with van der Waals surface area (Å²) in [6.45, 7) is 3.32. The molecule has 0 radical (unpaired) electrons. The third-order valence-corrected chi connectivity index (χ3v) is 7.47. The van der Waals surface area contributed by atoms with Crippen LogP contribution in [0, 0.1) is 6.92 Å². The second kappa shape index (κ2) is 7.60. The number of fused-ring (bicyclic) bond motifs is 2. The lowest BCUT2D eigenvalue weighted by Gasteiger charge is -2.40. The number of nitrogens with one attached hydrogen (secondary N) is 1. The summed E-state index contributed by atoms with van der Waals surface area (Å²) in [6.07, 6.45) is 6.93. The number of likely N-dealkylation sites (tertiary alicyclic amines) is 1. The number of benzene rings is 1. The van der Waals surface area contributed by atoms with Crippen LogP contribution in [0.1, 0.15) is 78.3 Å². The number of carbonyl (C=O) groups is 2. The van der Waals surface area contributed by atoms with E-state index in [1.165, 1.54) is 17.5 Å². The maximum absolute atomic E-state index is 12.8. The molecule has 0 bridgehead atoms. The van der Waals surface area contributed by atoms with Crippen LogP contribution >= 0.6 is 0 Å². The van der Waals surface area contributed by atoms with Gasteiger partial charge >= 0.3 is 0 Å². The van der Waals surface area contributed by atoms with Crippen molar-refractivity contribution in [2.75, 3.05) is 13.1 Å². The van der Waals surface area contributed by atoms with Crippen molar-refractivity contribution in [3.8, 4) is 0 Å². The maximum Gasteiger partial charge on any atom is 0.289 e. The molecule has 158 valence electrons. The number of nitrogens with zero attached hydrogens (tertiary/aromatic N) is 1. The Balaban J connectivity index is 1.29. The van der Waals surface area contributed by atoms with Gasteiger partial charge in [-0.25, -0.2) is 0 Å². The maximum atomic E-state index is 12.8. The Bertz CT molecular complexity index is 951. The van der Waals surface area contributed by atoms with Gasteiger partial charge in [0.15, 0.2) is 5.76 Å². The minimum Gasteiger partial charge on any atom is -0.456 e. The highest BCUT2D eigenvalue weighted by Gasteiger charge is 2.46. The number of carbonyl (C=O) groups excluding carboxylic acids is 2. The quantitative estimate of drug-likeness (QED) is 0.823. The molecule has 1 unspecified atom stereocenters. The Morgan fingerprint density at radius 2 is 1.90 bits per heavy atom. The first-order valence-electron chi connectivity index (χ1n) is 11.3. The van der Waals surface area contributed by atoms with Crippen molar-refractivity contribution >= 4 is 11.8 Å². The van der Waals surface area contributed by atoms with Crippen molar-refractivity contribution in [2.24, 2.45) is 0 Å². The molecule has 1 atom stereocenters. The lowest BCUT2D eigenvalue weighted by Crippen LogP contribution is -2.44. The molecule has 1 aliphatic heterocycles. The molecule has 1 saturated heterocycles. The Kier molecular flexibility index (Phi) is 4.92. The summed E-state index contributed by atoms with van der Waals surface area (Å²) in [4.78, 5) is 27.3. The Morgan fingerprint density at radius 1 is 1.13 bits per heavy atom. The van der Waals surface area contributed by atoms with Gasteiger partial charge in [-0.15, -0.1) is 0 Å². The number of hydrogen-bond donors (Lipinski definition) is 1. The van der Waals surface area contributed by atoms with Crippen LogP contribution < -0.4 is 5.32 Å². The summed E-state index contributed by atoms with van der Waals surface area (Å²) < 4.78 is 5.54. The zero-order valence-electron chi connectivity index (χ0n) is 17.7. The zero-order valence-corrected chi connectivity index (χ0v) is 17.7. The third kappa shape index (κ3) is 3.44. The molecule has 2 amide bonds. The Hall–Kier alpha value is -2.56. The fourth-order valence-corrected chi connectivity index (χ4v) is 5.59. The number of aryl methyl sites for hydroxylation is 1. The summed E-state index contributed by atoms with van der Waals surface area (Å²) >= 11 is 0. The first-order chi connectivity index (χ1) is 14.5. The Morgan fingerprint density at radius 3 is 2.57 bits per heavy atom. The predicted molar refractivity (Wildman–Crippen MR) is 114 cm³/mol. The van der Waals surface area contributed by atoms with Crippen molar-refractivity contribution in [3.05, 3.63) is 59.0 Å². The first kappa shape index (κ1) is 19.4. The van der Waals surface area contributed by atoms with Crippen LogP contribution in [0.3, 0.4) is 0 Å². The van der Waals surface area contributed by atoms with Gasteiger partial charge in [-0.05, 0) is 80.0 Å². The number of piperidine rings is 1. The van der Waals surface area contributed by atoms with Crippen LogP contribution in [0.2, 0.25) is 0 Å². The number of amides is 2. The third-order valence-electron chi connectivity index (χ3n) is 7.47. The van der Waals surface area contributed by atoms with E-state index < -0.39 is 0 Å². The average molecular weight is 407 g/mol. The normalized spacial score (nSPS) is 22.6.